The van der Waals surface area contributed by atoms with Crippen LogP contribution in [0, 0.1) is 6.92 Å². The molecule has 2 aromatic heterocycles. The smallest absolute Gasteiger partial charge is 0.252 e. The summed E-state index contributed by atoms with van der Waals surface area (Å²) in [7, 11) is -3.40. The zero-order valence-electron chi connectivity index (χ0n) is 16.1. The van der Waals surface area contributed by atoms with Crippen molar-refractivity contribution in [2.24, 2.45) is 0 Å². The van der Waals surface area contributed by atoms with E-state index in [1.54, 1.807) is 22.5 Å². The Morgan fingerprint density at radius 3 is 2.45 bits per heavy atom. The third kappa shape index (κ3) is 4.29. The monoisotopic (exact) mass is 430 g/mol. The Balaban J connectivity index is 1.44. The van der Waals surface area contributed by atoms with E-state index in [1.165, 1.54) is 11.3 Å². The van der Waals surface area contributed by atoms with Crippen LogP contribution in [0.15, 0.2) is 57.2 Å². The first-order valence-corrected chi connectivity index (χ1v) is 11.7. The Labute approximate surface area is 174 Å². The van der Waals surface area contributed by atoms with E-state index in [9.17, 15) is 13.2 Å². The first kappa shape index (κ1) is 19.9. The number of sulfonamides is 1. The van der Waals surface area contributed by atoms with Crippen molar-refractivity contribution in [3.8, 4) is 10.4 Å². The molecule has 4 rings (SSSR count). The van der Waals surface area contributed by atoms with Crippen LogP contribution in [0.4, 0.5) is 0 Å². The van der Waals surface area contributed by atoms with Crippen molar-refractivity contribution in [3.05, 3.63) is 65.6 Å². The maximum absolute atomic E-state index is 12.7. The van der Waals surface area contributed by atoms with Crippen molar-refractivity contribution in [1.82, 2.24) is 9.62 Å². The van der Waals surface area contributed by atoms with Crippen molar-refractivity contribution in [2.45, 2.75) is 30.5 Å². The summed E-state index contributed by atoms with van der Waals surface area (Å²) in [5.74, 6) is 1.33. The number of thiophene rings is 1. The van der Waals surface area contributed by atoms with Gasteiger partial charge in [-0.3, -0.25) is 4.79 Å². The molecular formula is C21H22N2O4S2. The fraction of sp³-hybridized carbons (Fsp3) is 0.286. The third-order valence-corrected chi connectivity index (χ3v) is 8.39. The molecule has 1 aliphatic rings. The highest BCUT2D eigenvalue weighted by Gasteiger charge is 2.28. The second-order valence-electron chi connectivity index (χ2n) is 7.00. The Hall–Kier alpha value is -2.42. The lowest BCUT2D eigenvalue weighted by Gasteiger charge is -2.13. The van der Waals surface area contributed by atoms with Gasteiger partial charge in [0.05, 0.1) is 6.54 Å². The normalized spacial score (nSPS) is 14.9. The Kier molecular flexibility index (Phi) is 5.58. The summed E-state index contributed by atoms with van der Waals surface area (Å²) >= 11 is 1.26. The van der Waals surface area contributed by atoms with Crippen LogP contribution in [-0.2, 0) is 16.6 Å². The standard InChI is InChI=1S/C21H22N2O4S2/c1-15-4-9-18(27-15)14-22-21(24)17-7-5-16(6-8-17)19-10-11-20(28-19)29(25,26)23-12-2-3-13-23/h4-11H,2-3,12-14H2,1H3,(H,22,24). The highest BCUT2D eigenvalue weighted by molar-refractivity contribution is 7.91. The van der Waals surface area contributed by atoms with Gasteiger partial charge in [0.1, 0.15) is 15.7 Å². The maximum atomic E-state index is 12.7. The molecule has 0 radical (unpaired) electrons. The van der Waals surface area contributed by atoms with Crippen LogP contribution < -0.4 is 5.32 Å². The van der Waals surface area contributed by atoms with Gasteiger partial charge in [-0.15, -0.1) is 11.3 Å². The van der Waals surface area contributed by atoms with Gasteiger partial charge in [-0.25, -0.2) is 8.42 Å². The van der Waals surface area contributed by atoms with Crippen LogP contribution in [0.1, 0.15) is 34.7 Å². The molecule has 0 saturated carbocycles. The summed E-state index contributed by atoms with van der Waals surface area (Å²) in [6.07, 6.45) is 1.83. The summed E-state index contributed by atoms with van der Waals surface area (Å²) in [6.45, 7) is 3.38. The largest absolute Gasteiger partial charge is 0.465 e. The topological polar surface area (TPSA) is 79.6 Å². The molecule has 6 nitrogen and oxygen atoms in total. The van der Waals surface area contributed by atoms with E-state index < -0.39 is 10.0 Å². The average Bonchev–Trinajstić information content (AvgIpc) is 3.47. The van der Waals surface area contributed by atoms with Crippen molar-refractivity contribution in [3.63, 3.8) is 0 Å². The molecule has 0 bridgehead atoms. The molecule has 1 saturated heterocycles. The summed E-state index contributed by atoms with van der Waals surface area (Å²) < 4.78 is 32.7. The van der Waals surface area contributed by atoms with E-state index in [0.717, 1.165) is 29.0 Å². The Morgan fingerprint density at radius 1 is 1.07 bits per heavy atom. The number of carbonyl (C=O) groups excluding carboxylic acids is 1. The van der Waals surface area contributed by atoms with Crippen LogP contribution in [0.3, 0.4) is 0 Å². The maximum Gasteiger partial charge on any atom is 0.252 e. The van der Waals surface area contributed by atoms with Gasteiger partial charge in [0, 0.05) is 23.5 Å². The number of rotatable bonds is 6. The number of carbonyl (C=O) groups is 1. The lowest BCUT2D eigenvalue weighted by molar-refractivity contribution is 0.0948. The molecule has 1 fully saturated rings. The van der Waals surface area contributed by atoms with Crippen LogP contribution >= 0.6 is 11.3 Å². The lowest BCUT2D eigenvalue weighted by atomic mass is 10.1. The summed E-state index contributed by atoms with van der Waals surface area (Å²) in [4.78, 5) is 13.2. The Morgan fingerprint density at radius 2 is 1.79 bits per heavy atom. The molecule has 1 N–H and O–H groups in total. The van der Waals surface area contributed by atoms with Gasteiger partial charge < -0.3 is 9.73 Å². The fourth-order valence-corrected chi connectivity index (χ4v) is 6.29. The molecule has 3 heterocycles. The SMILES string of the molecule is Cc1ccc(CNC(=O)c2ccc(-c3ccc(S(=O)(=O)N4CCCC4)s3)cc2)o1. The number of hydrogen-bond donors (Lipinski definition) is 1. The number of aryl methyl sites for hydroxylation is 1. The molecule has 1 aliphatic heterocycles. The zero-order valence-corrected chi connectivity index (χ0v) is 17.7. The third-order valence-electron chi connectivity index (χ3n) is 4.89. The number of nitrogens with one attached hydrogen (secondary N) is 1. The first-order valence-electron chi connectivity index (χ1n) is 9.47. The van der Waals surface area contributed by atoms with Crippen molar-refractivity contribution >= 4 is 27.3 Å². The van der Waals surface area contributed by atoms with Crippen molar-refractivity contribution in [1.29, 1.82) is 0 Å². The quantitative estimate of drug-likeness (QED) is 0.640. The molecule has 3 aromatic rings. The molecule has 8 heteroatoms. The van der Waals surface area contributed by atoms with E-state index in [0.29, 0.717) is 35.2 Å². The summed E-state index contributed by atoms with van der Waals surface area (Å²) in [5, 5.41) is 2.83. The molecule has 0 spiro atoms. The molecule has 1 amide bonds. The van der Waals surface area contributed by atoms with Gasteiger partial charge in [-0.05, 0) is 61.7 Å². The number of hydrogen-bond acceptors (Lipinski definition) is 5. The van der Waals surface area contributed by atoms with Crippen molar-refractivity contribution < 1.29 is 17.6 Å². The predicted molar refractivity (Wildman–Crippen MR) is 112 cm³/mol. The van der Waals surface area contributed by atoms with E-state index in [1.807, 2.05) is 37.3 Å². The van der Waals surface area contributed by atoms with Crippen LogP contribution in [0.25, 0.3) is 10.4 Å². The molecule has 29 heavy (non-hydrogen) atoms. The summed E-state index contributed by atoms with van der Waals surface area (Å²) in [6, 6.07) is 14.3. The second-order valence-corrected chi connectivity index (χ2v) is 10.3. The first-order chi connectivity index (χ1) is 13.9. The molecule has 152 valence electrons. The fourth-order valence-electron chi connectivity index (χ4n) is 3.31. The molecule has 0 unspecified atom stereocenters. The lowest BCUT2D eigenvalue weighted by Crippen LogP contribution is -2.27. The van der Waals surface area contributed by atoms with E-state index in [2.05, 4.69) is 5.32 Å². The van der Waals surface area contributed by atoms with Crippen molar-refractivity contribution in [2.75, 3.05) is 13.1 Å². The van der Waals surface area contributed by atoms with Gasteiger partial charge in [-0.2, -0.15) is 4.31 Å². The van der Waals surface area contributed by atoms with Gasteiger partial charge in [0.15, 0.2) is 0 Å². The molecule has 0 atom stereocenters. The van der Waals surface area contributed by atoms with E-state index >= 15 is 0 Å². The highest BCUT2D eigenvalue weighted by atomic mass is 32.2. The van der Waals surface area contributed by atoms with Gasteiger partial charge >= 0.3 is 0 Å². The van der Waals surface area contributed by atoms with Crippen LogP contribution in [-0.4, -0.2) is 31.7 Å². The number of nitrogens with zero attached hydrogens (tertiary/aromatic N) is 1. The van der Waals surface area contributed by atoms with Gasteiger partial charge in [0.2, 0.25) is 0 Å². The Bertz CT molecular complexity index is 1110. The number of amides is 1. The number of benzene rings is 1. The molecule has 0 aliphatic carbocycles. The zero-order chi connectivity index (χ0) is 20.4. The minimum Gasteiger partial charge on any atom is -0.465 e. The van der Waals surface area contributed by atoms with E-state index in [4.69, 9.17) is 4.42 Å². The van der Waals surface area contributed by atoms with Gasteiger partial charge in [0.25, 0.3) is 15.9 Å². The number of furan rings is 1. The second kappa shape index (κ2) is 8.14. The van der Waals surface area contributed by atoms with Crippen LogP contribution in [0.5, 0.6) is 0 Å². The molecule has 1 aromatic carbocycles. The summed E-state index contributed by atoms with van der Waals surface area (Å²) in [5.41, 5.74) is 1.43. The van der Waals surface area contributed by atoms with E-state index in [-0.39, 0.29) is 5.91 Å². The predicted octanol–water partition coefficient (Wildman–Crippen LogP) is 4.03. The minimum absolute atomic E-state index is 0.186. The minimum atomic E-state index is -3.40. The highest BCUT2D eigenvalue weighted by Crippen LogP contribution is 2.33. The van der Waals surface area contributed by atoms with Crippen LogP contribution in [0.2, 0.25) is 0 Å². The average molecular weight is 431 g/mol. The van der Waals surface area contributed by atoms with Gasteiger partial charge in [-0.1, -0.05) is 12.1 Å². The molecular weight excluding hydrogens is 408 g/mol.